The topological polar surface area (TPSA) is 43.8 Å². The lowest BCUT2D eigenvalue weighted by Gasteiger charge is -2.08. The van der Waals surface area contributed by atoms with Gasteiger partial charge in [-0.2, -0.15) is 0 Å². The number of hydrogen-bond donors (Lipinski definition) is 1. The van der Waals surface area contributed by atoms with Crippen LogP contribution in [0.4, 0.5) is 0 Å². The van der Waals surface area contributed by atoms with E-state index in [0.717, 1.165) is 12.1 Å². The number of aromatic nitrogens is 2. The van der Waals surface area contributed by atoms with Crippen molar-refractivity contribution in [2.45, 2.75) is 33.4 Å². The Hall–Kier alpha value is -1.35. The molecule has 2 rings (SSSR count). The molecule has 1 unspecified atom stereocenters. The molecule has 0 aliphatic rings. The van der Waals surface area contributed by atoms with E-state index in [4.69, 9.17) is 5.73 Å². The van der Waals surface area contributed by atoms with E-state index in [1.807, 2.05) is 13.3 Å². The summed E-state index contributed by atoms with van der Waals surface area (Å²) in [6, 6.07) is 4.46. The van der Waals surface area contributed by atoms with Gasteiger partial charge in [-0.25, -0.2) is 4.98 Å². The van der Waals surface area contributed by atoms with E-state index < -0.39 is 0 Å². The first-order chi connectivity index (χ1) is 7.08. The third-order valence-corrected chi connectivity index (χ3v) is 2.72. The Morgan fingerprint density at radius 1 is 1.33 bits per heavy atom. The van der Waals surface area contributed by atoms with E-state index in [0.29, 0.717) is 0 Å². The molecule has 0 radical (unpaired) electrons. The summed E-state index contributed by atoms with van der Waals surface area (Å²) >= 11 is 0. The zero-order chi connectivity index (χ0) is 11.0. The number of benzene rings is 1. The van der Waals surface area contributed by atoms with E-state index in [1.54, 1.807) is 0 Å². The lowest BCUT2D eigenvalue weighted by molar-refractivity contribution is 0.602. The summed E-state index contributed by atoms with van der Waals surface area (Å²) in [5.41, 5.74) is 10.6. The van der Waals surface area contributed by atoms with Gasteiger partial charge in [-0.1, -0.05) is 0 Å². The average Bonchev–Trinajstić information content (AvgIpc) is 2.49. The van der Waals surface area contributed by atoms with E-state index in [2.05, 4.69) is 35.5 Å². The minimum absolute atomic E-state index is 0.156. The SMILES string of the molecule is Cc1cc2ncn(CC(C)N)c2cc1C. The van der Waals surface area contributed by atoms with Crippen LogP contribution in [0.15, 0.2) is 18.5 Å². The lowest BCUT2D eigenvalue weighted by atomic mass is 10.1. The number of rotatable bonds is 2. The molecule has 0 saturated carbocycles. The van der Waals surface area contributed by atoms with Crippen LogP contribution in [0.25, 0.3) is 11.0 Å². The van der Waals surface area contributed by atoms with Crippen molar-refractivity contribution in [2.75, 3.05) is 0 Å². The number of hydrogen-bond acceptors (Lipinski definition) is 2. The normalized spacial score (nSPS) is 13.3. The number of fused-ring (bicyclic) bond motifs is 1. The standard InChI is InChI=1S/C12H17N3/c1-8-4-11-12(5-9(8)2)15(7-14-11)6-10(3)13/h4-5,7,10H,6,13H2,1-3H3. The summed E-state index contributed by atoms with van der Waals surface area (Å²) < 4.78 is 2.12. The van der Waals surface area contributed by atoms with Crippen LogP contribution in [0.3, 0.4) is 0 Å². The average molecular weight is 203 g/mol. The van der Waals surface area contributed by atoms with Crippen molar-refractivity contribution < 1.29 is 0 Å². The maximum Gasteiger partial charge on any atom is 0.0958 e. The Morgan fingerprint density at radius 2 is 2.00 bits per heavy atom. The van der Waals surface area contributed by atoms with Crippen molar-refractivity contribution >= 4 is 11.0 Å². The van der Waals surface area contributed by atoms with Crippen LogP contribution >= 0.6 is 0 Å². The predicted octanol–water partition coefficient (Wildman–Crippen LogP) is 2.00. The van der Waals surface area contributed by atoms with Crippen molar-refractivity contribution in [3.8, 4) is 0 Å². The van der Waals surface area contributed by atoms with Crippen molar-refractivity contribution in [1.29, 1.82) is 0 Å². The third kappa shape index (κ3) is 1.88. The fourth-order valence-corrected chi connectivity index (χ4v) is 1.77. The summed E-state index contributed by atoms with van der Waals surface area (Å²) in [5.74, 6) is 0. The lowest BCUT2D eigenvalue weighted by Crippen LogP contribution is -2.21. The van der Waals surface area contributed by atoms with Gasteiger partial charge in [0.1, 0.15) is 0 Å². The largest absolute Gasteiger partial charge is 0.329 e. The van der Waals surface area contributed by atoms with E-state index in [9.17, 15) is 0 Å². The third-order valence-electron chi connectivity index (χ3n) is 2.72. The smallest absolute Gasteiger partial charge is 0.0958 e. The van der Waals surface area contributed by atoms with Gasteiger partial charge in [0.2, 0.25) is 0 Å². The number of nitrogens with two attached hydrogens (primary N) is 1. The van der Waals surface area contributed by atoms with Crippen molar-refractivity contribution in [2.24, 2.45) is 5.73 Å². The quantitative estimate of drug-likeness (QED) is 0.811. The highest BCUT2D eigenvalue weighted by molar-refractivity contribution is 5.77. The molecular formula is C12H17N3. The van der Waals surface area contributed by atoms with Gasteiger partial charge in [0.25, 0.3) is 0 Å². The second kappa shape index (κ2) is 3.66. The highest BCUT2D eigenvalue weighted by atomic mass is 15.1. The summed E-state index contributed by atoms with van der Waals surface area (Å²) in [4.78, 5) is 4.38. The van der Waals surface area contributed by atoms with Crippen molar-refractivity contribution in [3.05, 3.63) is 29.6 Å². The second-order valence-electron chi connectivity index (χ2n) is 4.30. The number of aryl methyl sites for hydroxylation is 2. The van der Waals surface area contributed by atoms with Crippen molar-refractivity contribution in [3.63, 3.8) is 0 Å². The van der Waals surface area contributed by atoms with Crippen LogP contribution in [-0.4, -0.2) is 15.6 Å². The van der Waals surface area contributed by atoms with Crippen LogP contribution in [-0.2, 0) is 6.54 Å². The summed E-state index contributed by atoms with van der Waals surface area (Å²) in [7, 11) is 0. The minimum Gasteiger partial charge on any atom is -0.329 e. The van der Waals surface area contributed by atoms with Gasteiger partial charge in [0, 0.05) is 12.6 Å². The predicted molar refractivity (Wildman–Crippen MR) is 62.9 cm³/mol. The molecule has 0 bridgehead atoms. The van der Waals surface area contributed by atoms with Crippen LogP contribution in [0.5, 0.6) is 0 Å². The highest BCUT2D eigenvalue weighted by Gasteiger charge is 2.05. The van der Waals surface area contributed by atoms with Gasteiger partial charge >= 0.3 is 0 Å². The molecule has 0 fully saturated rings. The Labute approximate surface area is 89.9 Å². The molecule has 3 heteroatoms. The molecule has 2 aromatic rings. The minimum atomic E-state index is 0.156. The first-order valence-electron chi connectivity index (χ1n) is 5.25. The molecule has 80 valence electrons. The fraction of sp³-hybridized carbons (Fsp3) is 0.417. The van der Waals surface area contributed by atoms with Gasteiger partial charge in [-0.15, -0.1) is 0 Å². The Morgan fingerprint density at radius 3 is 2.67 bits per heavy atom. The Bertz CT molecular complexity index is 483. The summed E-state index contributed by atoms with van der Waals surface area (Å²) in [6.45, 7) is 7.06. The molecule has 1 atom stereocenters. The van der Waals surface area contributed by atoms with Gasteiger partial charge in [0.15, 0.2) is 0 Å². The Balaban J connectivity index is 2.54. The van der Waals surface area contributed by atoms with Gasteiger partial charge in [0.05, 0.1) is 17.4 Å². The molecule has 2 N–H and O–H groups in total. The molecule has 3 nitrogen and oxygen atoms in total. The zero-order valence-corrected chi connectivity index (χ0v) is 9.49. The van der Waals surface area contributed by atoms with E-state index >= 15 is 0 Å². The molecular weight excluding hydrogens is 186 g/mol. The number of nitrogens with zero attached hydrogens (tertiary/aromatic N) is 2. The van der Waals surface area contributed by atoms with Crippen LogP contribution in [0.2, 0.25) is 0 Å². The zero-order valence-electron chi connectivity index (χ0n) is 9.49. The van der Waals surface area contributed by atoms with Crippen LogP contribution in [0, 0.1) is 13.8 Å². The molecule has 0 saturated heterocycles. The molecule has 1 aromatic heterocycles. The fourth-order valence-electron chi connectivity index (χ4n) is 1.77. The molecule has 0 aliphatic heterocycles. The first kappa shape index (κ1) is 10.2. The molecule has 0 aliphatic carbocycles. The monoisotopic (exact) mass is 203 g/mol. The molecule has 1 aromatic carbocycles. The summed E-state index contributed by atoms with van der Waals surface area (Å²) in [5, 5.41) is 0. The maximum atomic E-state index is 5.79. The molecule has 0 amide bonds. The number of imidazole rings is 1. The molecule has 1 heterocycles. The van der Waals surface area contributed by atoms with Gasteiger partial charge in [-0.05, 0) is 44.0 Å². The maximum absolute atomic E-state index is 5.79. The van der Waals surface area contributed by atoms with Crippen molar-refractivity contribution in [1.82, 2.24) is 9.55 Å². The Kier molecular flexibility index (Phi) is 2.49. The van der Waals surface area contributed by atoms with Gasteiger partial charge in [-0.3, -0.25) is 0 Å². The summed E-state index contributed by atoms with van der Waals surface area (Å²) in [6.07, 6.45) is 1.87. The van der Waals surface area contributed by atoms with E-state index in [-0.39, 0.29) is 6.04 Å². The molecule has 0 spiro atoms. The van der Waals surface area contributed by atoms with Gasteiger partial charge < -0.3 is 10.3 Å². The second-order valence-corrected chi connectivity index (χ2v) is 4.30. The highest BCUT2D eigenvalue weighted by Crippen LogP contribution is 2.18. The molecule has 15 heavy (non-hydrogen) atoms. The van der Waals surface area contributed by atoms with Crippen LogP contribution < -0.4 is 5.73 Å². The van der Waals surface area contributed by atoms with Crippen LogP contribution in [0.1, 0.15) is 18.1 Å². The van der Waals surface area contributed by atoms with E-state index in [1.165, 1.54) is 16.6 Å². The first-order valence-corrected chi connectivity index (χ1v) is 5.25.